The summed E-state index contributed by atoms with van der Waals surface area (Å²) in [6.07, 6.45) is 0.790. The SMILES string of the molecule is COc1cc2c(cc1OC)CN(C(=O)c1cc(C(C)(C)C)[nH]n1)CC2. The molecule has 0 unspecified atom stereocenters. The highest BCUT2D eigenvalue weighted by Crippen LogP contribution is 2.33. The number of methoxy groups -OCH3 is 2. The molecule has 0 bridgehead atoms. The minimum absolute atomic E-state index is 0.0489. The van der Waals surface area contributed by atoms with E-state index < -0.39 is 0 Å². The number of nitrogens with one attached hydrogen (secondary N) is 1. The highest BCUT2D eigenvalue weighted by Gasteiger charge is 2.26. The maximum atomic E-state index is 12.8. The van der Waals surface area contributed by atoms with Crippen LogP contribution in [0.1, 0.15) is 48.1 Å². The number of carbonyl (C=O) groups excluding carboxylic acids is 1. The highest BCUT2D eigenvalue weighted by atomic mass is 16.5. The van der Waals surface area contributed by atoms with Crippen LogP contribution in [0.25, 0.3) is 0 Å². The van der Waals surface area contributed by atoms with Gasteiger partial charge in [0, 0.05) is 24.2 Å². The third-order valence-corrected chi connectivity index (χ3v) is 4.61. The van der Waals surface area contributed by atoms with Crippen LogP contribution in [0.3, 0.4) is 0 Å². The molecule has 0 saturated carbocycles. The summed E-state index contributed by atoms with van der Waals surface area (Å²) in [5.74, 6) is 1.36. The summed E-state index contributed by atoms with van der Waals surface area (Å²) < 4.78 is 10.7. The molecule has 25 heavy (non-hydrogen) atoms. The third-order valence-electron chi connectivity index (χ3n) is 4.61. The lowest BCUT2D eigenvalue weighted by Gasteiger charge is -2.29. The molecule has 3 rings (SSSR count). The second-order valence-corrected chi connectivity index (χ2v) is 7.37. The number of carbonyl (C=O) groups is 1. The molecule has 0 fully saturated rings. The Morgan fingerprint density at radius 2 is 1.76 bits per heavy atom. The van der Waals surface area contributed by atoms with Crippen molar-refractivity contribution in [2.45, 2.75) is 39.2 Å². The van der Waals surface area contributed by atoms with Crippen molar-refractivity contribution in [1.82, 2.24) is 15.1 Å². The maximum absolute atomic E-state index is 12.8. The van der Waals surface area contributed by atoms with Crippen LogP contribution in [-0.4, -0.2) is 41.8 Å². The molecule has 6 heteroatoms. The summed E-state index contributed by atoms with van der Waals surface area (Å²) in [4.78, 5) is 14.6. The maximum Gasteiger partial charge on any atom is 0.274 e. The van der Waals surface area contributed by atoms with Gasteiger partial charge in [-0.3, -0.25) is 9.89 Å². The van der Waals surface area contributed by atoms with Crippen molar-refractivity contribution in [3.8, 4) is 11.5 Å². The van der Waals surface area contributed by atoms with E-state index in [0.29, 0.717) is 24.5 Å². The first-order valence-electron chi connectivity index (χ1n) is 8.42. The first-order chi connectivity index (χ1) is 11.8. The monoisotopic (exact) mass is 343 g/mol. The molecule has 0 atom stereocenters. The van der Waals surface area contributed by atoms with Gasteiger partial charge in [0.2, 0.25) is 0 Å². The number of ether oxygens (including phenoxy) is 2. The van der Waals surface area contributed by atoms with Crippen molar-refractivity contribution in [2.24, 2.45) is 0 Å². The first-order valence-corrected chi connectivity index (χ1v) is 8.42. The molecule has 1 aliphatic heterocycles. The van der Waals surface area contributed by atoms with Crippen LogP contribution < -0.4 is 9.47 Å². The van der Waals surface area contributed by atoms with Crippen LogP contribution in [0.4, 0.5) is 0 Å². The van der Waals surface area contributed by atoms with Gasteiger partial charge >= 0.3 is 0 Å². The Balaban J connectivity index is 1.82. The van der Waals surface area contributed by atoms with Gasteiger partial charge in [0.05, 0.1) is 14.2 Å². The lowest BCUT2D eigenvalue weighted by Crippen LogP contribution is -2.36. The summed E-state index contributed by atoms with van der Waals surface area (Å²) in [7, 11) is 3.25. The van der Waals surface area contributed by atoms with Crippen molar-refractivity contribution in [1.29, 1.82) is 0 Å². The molecular formula is C19H25N3O3. The van der Waals surface area contributed by atoms with Crippen LogP contribution in [0.15, 0.2) is 18.2 Å². The smallest absolute Gasteiger partial charge is 0.274 e. The first kappa shape index (κ1) is 17.3. The van der Waals surface area contributed by atoms with Crippen molar-refractivity contribution < 1.29 is 14.3 Å². The van der Waals surface area contributed by atoms with E-state index in [1.165, 1.54) is 5.56 Å². The normalized spacial score (nSPS) is 14.2. The molecule has 134 valence electrons. The quantitative estimate of drug-likeness (QED) is 0.930. The minimum Gasteiger partial charge on any atom is -0.493 e. The van der Waals surface area contributed by atoms with E-state index in [2.05, 4.69) is 31.0 Å². The molecular weight excluding hydrogens is 318 g/mol. The predicted octanol–water partition coefficient (Wildman–Crippen LogP) is 2.92. The largest absolute Gasteiger partial charge is 0.493 e. The molecule has 0 spiro atoms. The Bertz CT molecular complexity index is 790. The summed E-state index contributed by atoms with van der Waals surface area (Å²) in [5, 5.41) is 7.20. The van der Waals surface area contributed by atoms with Gasteiger partial charge in [-0.25, -0.2) is 0 Å². The van der Waals surface area contributed by atoms with Crippen LogP contribution in [0.2, 0.25) is 0 Å². The van der Waals surface area contributed by atoms with E-state index in [1.54, 1.807) is 14.2 Å². The molecule has 2 heterocycles. The number of rotatable bonds is 3. The number of nitrogens with zero attached hydrogens (tertiary/aromatic N) is 2. The fourth-order valence-corrected chi connectivity index (χ4v) is 3.03. The molecule has 1 aliphatic rings. The van der Waals surface area contributed by atoms with Gasteiger partial charge in [-0.15, -0.1) is 0 Å². The van der Waals surface area contributed by atoms with Crippen LogP contribution in [0.5, 0.6) is 11.5 Å². The molecule has 1 aromatic carbocycles. The summed E-state index contributed by atoms with van der Waals surface area (Å²) in [5.41, 5.74) is 3.64. The van der Waals surface area contributed by atoms with E-state index in [4.69, 9.17) is 9.47 Å². The van der Waals surface area contributed by atoms with Gasteiger partial charge in [-0.05, 0) is 35.7 Å². The van der Waals surface area contributed by atoms with Crippen molar-refractivity contribution in [2.75, 3.05) is 20.8 Å². The molecule has 0 saturated heterocycles. The Morgan fingerprint density at radius 1 is 1.12 bits per heavy atom. The summed E-state index contributed by atoms with van der Waals surface area (Å²) in [6, 6.07) is 5.81. The summed E-state index contributed by atoms with van der Waals surface area (Å²) >= 11 is 0. The van der Waals surface area contributed by atoms with Crippen LogP contribution >= 0.6 is 0 Å². The van der Waals surface area contributed by atoms with Gasteiger partial charge in [0.25, 0.3) is 5.91 Å². The minimum atomic E-state index is -0.0655. The number of benzene rings is 1. The van der Waals surface area contributed by atoms with E-state index in [9.17, 15) is 4.79 Å². The fraction of sp³-hybridized carbons (Fsp3) is 0.474. The Labute approximate surface area is 148 Å². The van der Waals surface area contributed by atoms with Crippen LogP contribution in [-0.2, 0) is 18.4 Å². The number of hydrogen-bond acceptors (Lipinski definition) is 4. The van der Waals surface area contributed by atoms with E-state index >= 15 is 0 Å². The van der Waals surface area contributed by atoms with Gasteiger partial charge in [-0.1, -0.05) is 20.8 Å². The number of fused-ring (bicyclic) bond motifs is 1. The number of aromatic nitrogens is 2. The molecule has 1 aromatic heterocycles. The van der Waals surface area contributed by atoms with Gasteiger partial charge < -0.3 is 14.4 Å². The molecule has 1 N–H and O–H groups in total. The van der Waals surface area contributed by atoms with Crippen molar-refractivity contribution in [3.05, 3.63) is 40.7 Å². The Hall–Kier alpha value is -2.50. The zero-order chi connectivity index (χ0) is 18.2. The third kappa shape index (κ3) is 3.34. The lowest BCUT2D eigenvalue weighted by atomic mass is 9.92. The predicted molar refractivity (Wildman–Crippen MR) is 95.3 cm³/mol. The average Bonchev–Trinajstić information content (AvgIpc) is 3.09. The lowest BCUT2D eigenvalue weighted by molar-refractivity contribution is 0.0728. The molecule has 2 aromatic rings. The van der Waals surface area contributed by atoms with Crippen molar-refractivity contribution in [3.63, 3.8) is 0 Å². The van der Waals surface area contributed by atoms with E-state index in [1.807, 2.05) is 23.1 Å². The molecule has 6 nitrogen and oxygen atoms in total. The number of amides is 1. The second-order valence-electron chi connectivity index (χ2n) is 7.37. The second kappa shape index (κ2) is 6.43. The van der Waals surface area contributed by atoms with Gasteiger partial charge in [0.1, 0.15) is 5.69 Å². The van der Waals surface area contributed by atoms with Crippen LogP contribution in [0, 0.1) is 0 Å². The number of aromatic amines is 1. The van der Waals surface area contributed by atoms with E-state index in [0.717, 1.165) is 23.4 Å². The Kier molecular flexibility index (Phi) is 4.45. The van der Waals surface area contributed by atoms with Gasteiger partial charge in [0.15, 0.2) is 11.5 Å². The molecule has 1 amide bonds. The fourth-order valence-electron chi connectivity index (χ4n) is 3.03. The summed E-state index contributed by atoms with van der Waals surface area (Å²) in [6.45, 7) is 7.48. The molecule has 0 radical (unpaired) electrons. The number of hydrogen-bond donors (Lipinski definition) is 1. The Morgan fingerprint density at radius 3 is 2.32 bits per heavy atom. The zero-order valence-electron chi connectivity index (χ0n) is 15.5. The standard InChI is InChI=1S/C19H25N3O3/c1-19(2,3)17-10-14(20-21-17)18(23)22-7-6-12-8-15(24-4)16(25-5)9-13(12)11-22/h8-10H,6-7,11H2,1-5H3,(H,20,21). The highest BCUT2D eigenvalue weighted by molar-refractivity contribution is 5.92. The number of H-pyrrole nitrogens is 1. The van der Waals surface area contributed by atoms with E-state index in [-0.39, 0.29) is 11.3 Å². The van der Waals surface area contributed by atoms with Gasteiger partial charge in [-0.2, -0.15) is 5.10 Å². The molecule has 0 aliphatic carbocycles. The average molecular weight is 343 g/mol. The van der Waals surface area contributed by atoms with Crippen molar-refractivity contribution >= 4 is 5.91 Å². The topological polar surface area (TPSA) is 67.5 Å². The zero-order valence-corrected chi connectivity index (χ0v) is 15.5.